The lowest BCUT2D eigenvalue weighted by Gasteiger charge is -2.09. The van der Waals surface area contributed by atoms with Gasteiger partial charge in [-0.15, -0.1) is 16.2 Å². The zero-order chi connectivity index (χ0) is 21.2. The summed E-state index contributed by atoms with van der Waals surface area (Å²) >= 11 is 1.18. The summed E-state index contributed by atoms with van der Waals surface area (Å²) in [6, 6.07) is 12.9. The van der Waals surface area contributed by atoms with E-state index in [0.29, 0.717) is 16.0 Å². The van der Waals surface area contributed by atoms with Crippen molar-refractivity contribution in [2.75, 3.05) is 0 Å². The second-order valence-electron chi connectivity index (χ2n) is 6.29. The van der Waals surface area contributed by atoms with E-state index < -0.39 is 20.9 Å². The molecule has 150 valence electrons. The van der Waals surface area contributed by atoms with Gasteiger partial charge >= 0.3 is 0 Å². The van der Waals surface area contributed by atoms with Crippen molar-refractivity contribution in [1.82, 2.24) is 10.3 Å². The summed E-state index contributed by atoms with van der Waals surface area (Å²) in [5.41, 5.74) is 4.77. The molecule has 1 heterocycles. The number of carbonyl (C=O) groups is 1. The van der Waals surface area contributed by atoms with Crippen molar-refractivity contribution < 1.29 is 18.1 Å². The highest BCUT2D eigenvalue weighted by molar-refractivity contribution is 7.89. The Morgan fingerprint density at radius 2 is 1.76 bits per heavy atom. The van der Waals surface area contributed by atoms with Crippen molar-refractivity contribution in [1.29, 1.82) is 0 Å². The normalized spacial score (nSPS) is 11.2. The van der Waals surface area contributed by atoms with E-state index >= 15 is 0 Å². The van der Waals surface area contributed by atoms with E-state index in [2.05, 4.69) is 5.43 Å². The van der Waals surface area contributed by atoms with E-state index in [-0.39, 0.29) is 10.6 Å². The number of rotatable bonds is 6. The minimum Gasteiger partial charge on any atom is -0.273 e. The molecular weight excluding hydrogens is 414 g/mol. The van der Waals surface area contributed by atoms with Gasteiger partial charge in [-0.3, -0.25) is 20.3 Å². The van der Waals surface area contributed by atoms with Gasteiger partial charge in [0.2, 0.25) is 0 Å². The molecule has 8 nitrogen and oxygen atoms in total. The molecule has 0 aliphatic rings. The fourth-order valence-corrected chi connectivity index (χ4v) is 4.30. The van der Waals surface area contributed by atoms with Crippen molar-refractivity contribution in [3.8, 4) is 11.1 Å². The lowest BCUT2D eigenvalue weighted by molar-refractivity contribution is -0.385. The number of nitro groups is 1. The monoisotopic (exact) mass is 431 g/mol. The molecule has 0 atom stereocenters. The Morgan fingerprint density at radius 1 is 1.07 bits per heavy atom. The van der Waals surface area contributed by atoms with E-state index in [0.717, 1.165) is 17.2 Å². The van der Waals surface area contributed by atoms with Crippen LogP contribution in [-0.4, -0.2) is 19.2 Å². The van der Waals surface area contributed by atoms with Gasteiger partial charge in [-0.2, -0.15) is 0 Å². The number of nitro benzene ring substituents is 1. The van der Waals surface area contributed by atoms with E-state index in [1.165, 1.54) is 30.4 Å². The minimum atomic E-state index is -4.18. The van der Waals surface area contributed by atoms with Gasteiger partial charge in [0.05, 0.1) is 9.82 Å². The quantitative estimate of drug-likeness (QED) is 0.457. The molecule has 0 unspecified atom stereocenters. The second kappa shape index (κ2) is 8.11. The number of thiophene rings is 1. The van der Waals surface area contributed by atoms with Crippen LogP contribution in [0, 0.1) is 24.0 Å². The van der Waals surface area contributed by atoms with Gasteiger partial charge in [-0.25, -0.2) is 8.42 Å². The van der Waals surface area contributed by atoms with Crippen molar-refractivity contribution in [3.05, 3.63) is 80.0 Å². The fourth-order valence-electron chi connectivity index (χ4n) is 2.63. The molecule has 3 rings (SSSR count). The van der Waals surface area contributed by atoms with Gasteiger partial charge in [0, 0.05) is 17.2 Å². The third-order valence-electron chi connectivity index (χ3n) is 4.22. The molecule has 1 aromatic heterocycles. The van der Waals surface area contributed by atoms with Crippen molar-refractivity contribution in [3.63, 3.8) is 0 Å². The van der Waals surface area contributed by atoms with Gasteiger partial charge in [0.1, 0.15) is 4.88 Å². The topological polar surface area (TPSA) is 118 Å². The maximum Gasteiger partial charge on any atom is 0.276 e. The van der Waals surface area contributed by atoms with Crippen LogP contribution in [0.1, 0.15) is 20.8 Å². The highest BCUT2D eigenvalue weighted by atomic mass is 32.2. The number of nitrogens with zero attached hydrogens (tertiary/aromatic N) is 1. The predicted octanol–water partition coefficient (Wildman–Crippen LogP) is 3.56. The zero-order valence-corrected chi connectivity index (χ0v) is 17.1. The molecule has 0 spiro atoms. The number of carbonyl (C=O) groups excluding carboxylic acids is 1. The Labute approximate surface area is 171 Å². The molecule has 29 heavy (non-hydrogen) atoms. The third kappa shape index (κ3) is 4.50. The average molecular weight is 431 g/mol. The molecule has 2 aromatic carbocycles. The first-order chi connectivity index (χ1) is 13.7. The molecule has 0 fully saturated rings. The highest BCUT2D eigenvalue weighted by Crippen LogP contribution is 2.28. The molecule has 1 amide bonds. The van der Waals surface area contributed by atoms with Crippen molar-refractivity contribution >= 4 is 33.0 Å². The third-order valence-corrected chi connectivity index (χ3v) is 6.38. The van der Waals surface area contributed by atoms with Crippen molar-refractivity contribution in [2.24, 2.45) is 0 Å². The van der Waals surface area contributed by atoms with Crippen LogP contribution in [0.4, 0.5) is 5.69 Å². The Kier molecular flexibility index (Phi) is 5.78. The van der Waals surface area contributed by atoms with Crippen LogP contribution in [0.5, 0.6) is 0 Å². The molecule has 0 saturated heterocycles. The summed E-state index contributed by atoms with van der Waals surface area (Å²) in [5.74, 6) is -0.624. The number of hydrazine groups is 1. The van der Waals surface area contributed by atoms with Gasteiger partial charge in [-0.05, 0) is 36.9 Å². The average Bonchev–Trinajstić information content (AvgIpc) is 3.16. The first-order valence-electron chi connectivity index (χ1n) is 8.41. The number of hydrogen-bond acceptors (Lipinski definition) is 6. The number of hydrogen-bond donors (Lipinski definition) is 2. The first-order valence-corrected chi connectivity index (χ1v) is 10.8. The molecule has 0 aliphatic carbocycles. The summed E-state index contributed by atoms with van der Waals surface area (Å²) in [6.07, 6.45) is 0. The SMILES string of the molecule is Cc1ccc(-c2ccsc2C(=O)NNS(=O)(=O)c2ccc(C)c([N+](=O)[O-])c2)cc1. The molecule has 2 N–H and O–H groups in total. The number of amides is 1. The number of aryl methyl sites for hydroxylation is 2. The first kappa shape index (κ1) is 20.6. The van der Waals surface area contributed by atoms with Crippen LogP contribution in [0.2, 0.25) is 0 Å². The predicted molar refractivity (Wildman–Crippen MR) is 110 cm³/mol. The number of benzene rings is 2. The lowest BCUT2D eigenvalue weighted by atomic mass is 10.1. The van der Waals surface area contributed by atoms with Crippen LogP contribution in [0.3, 0.4) is 0 Å². The Hall–Kier alpha value is -3.08. The molecule has 10 heteroatoms. The van der Waals surface area contributed by atoms with Crippen LogP contribution in [-0.2, 0) is 10.0 Å². The summed E-state index contributed by atoms with van der Waals surface area (Å²) in [7, 11) is -4.18. The van der Waals surface area contributed by atoms with Crippen LogP contribution >= 0.6 is 11.3 Å². The Morgan fingerprint density at radius 3 is 2.41 bits per heavy atom. The van der Waals surface area contributed by atoms with Gasteiger partial charge in [0.15, 0.2) is 0 Å². The fraction of sp³-hybridized carbons (Fsp3) is 0.105. The smallest absolute Gasteiger partial charge is 0.273 e. The second-order valence-corrected chi connectivity index (χ2v) is 8.89. The molecule has 0 saturated carbocycles. The van der Waals surface area contributed by atoms with Crippen molar-refractivity contribution in [2.45, 2.75) is 18.7 Å². The van der Waals surface area contributed by atoms with Gasteiger partial charge in [0.25, 0.3) is 21.6 Å². The maximum absolute atomic E-state index is 12.5. The van der Waals surface area contributed by atoms with E-state index in [9.17, 15) is 23.3 Å². The van der Waals surface area contributed by atoms with E-state index in [4.69, 9.17) is 0 Å². The molecule has 0 bridgehead atoms. The maximum atomic E-state index is 12.5. The van der Waals surface area contributed by atoms with Gasteiger partial charge < -0.3 is 0 Å². The van der Waals surface area contributed by atoms with E-state index in [1.54, 1.807) is 11.4 Å². The summed E-state index contributed by atoms with van der Waals surface area (Å²) in [5, 5.41) is 12.8. The largest absolute Gasteiger partial charge is 0.276 e. The Bertz CT molecular complexity index is 1180. The summed E-state index contributed by atoms with van der Waals surface area (Å²) in [6.45, 7) is 3.46. The number of sulfonamides is 1. The van der Waals surface area contributed by atoms with Gasteiger partial charge in [-0.1, -0.05) is 35.9 Å². The standard InChI is InChI=1S/C19H17N3O5S2/c1-12-3-6-14(7-4-12)16-9-10-28-18(16)19(23)20-21-29(26,27)15-8-5-13(2)17(11-15)22(24)25/h3-11,21H,1-2H3,(H,20,23). The van der Waals surface area contributed by atoms with E-state index in [1.807, 2.05) is 36.0 Å². The Balaban J connectivity index is 1.79. The molecule has 3 aromatic rings. The molecular formula is C19H17N3O5S2. The summed E-state index contributed by atoms with van der Waals surface area (Å²) < 4.78 is 24.9. The lowest BCUT2D eigenvalue weighted by Crippen LogP contribution is -2.41. The molecule has 0 radical (unpaired) electrons. The van der Waals surface area contributed by atoms with Crippen LogP contribution in [0.15, 0.2) is 58.8 Å². The number of nitrogens with one attached hydrogen (secondary N) is 2. The van der Waals surface area contributed by atoms with Crippen LogP contribution in [0.25, 0.3) is 11.1 Å². The van der Waals surface area contributed by atoms with Crippen LogP contribution < -0.4 is 10.3 Å². The molecule has 0 aliphatic heterocycles. The minimum absolute atomic E-state index is 0.319. The highest BCUT2D eigenvalue weighted by Gasteiger charge is 2.22. The summed E-state index contributed by atoms with van der Waals surface area (Å²) in [4.78, 5) is 24.9. The zero-order valence-electron chi connectivity index (χ0n) is 15.5.